The molecule has 7 nitrogen and oxygen atoms in total. The van der Waals surface area contributed by atoms with E-state index in [0.717, 1.165) is 41.2 Å². The first-order valence-corrected chi connectivity index (χ1v) is 13.0. The highest BCUT2D eigenvalue weighted by Crippen LogP contribution is 2.34. The van der Waals surface area contributed by atoms with Gasteiger partial charge in [0.15, 0.2) is 0 Å². The highest BCUT2D eigenvalue weighted by Gasteiger charge is 2.27. The lowest BCUT2D eigenvalue weighted by Crippen LogP contribution is -2.49. The molecule has 0 atom stereocenters. The number of carbonyl (C=O) groups excluding carboxylic acids is 1. The molecule has 1 aliphatic rings. The van der Waals surface area contributed by atoms with Crippen molar-refractivity contribution >= 4 is 23.2 Å². The summed E-state index contributed by atoms with van der Waals surface area (Å²) in [6.07, 6.45) is 0. The molecular formula is C30H31ClN4O3. The van der Waals surface area contributed by atoms with E-state index >= 15 is 0 Å². The largest absolute Gasteiger partial charge is 0.497 e. The van der Waals surface area contributed by atoms with Gasteiger partial charge >= 0.3 is 0 Å². The van der Waals surface area contributed by atoms with Crippen molar-refractivity contribution in [2.45, 2.75) is 13.8 Å². The highest BCUT2D eigenvalue weighted by molar-refractivity contribution is 6.30. The first kappa shape index (κ1) is 25.7. The maximum absolute atomic E-state index is 13.9. The Morgan fingerprint density at radius 1 is 0.895 bits per heavy atom. The fourth-order valence-corrected chi connectivity index (χ4v) is 5.09. The van der Waals surface area contributed by atoms with Gasteiger partial charge in [0.25, 0.3) is 5.91 Å². The van der Waals surface area contributed by atoms with Crippen LogP contribution in [0.5, 0.6) is 11.5 Å². The number of piperazine rings is 1. The average Bonchev–Trinajstić information content (AvgIpc) is 3.37. The molecule has 1 fully saturated rings. The van der Waals surface area contributed by atoms with Gasteiger partial charge < -0.3 is 19.3 Å². The first-order valence-electron chi connectivity index (χ1n) is 12.6. The Kier molecular flexibility index (Phi) is 7.29. The molecule has 3 aromatic carbocycles. The van der Waals surface area contributed by atoms with Gasteiger partial charge in [-0.1, -0.05) is 35.4 Å². The van der Waals surface area contributed by atoms with Crippen molar-refractivity contribution in [1.82, 2.24) is 14.7 Å². The van der Waals surface area contributed by atoms with Crippen LogP contribution in [-0.4, -0.2) is 61.0 Å². The number of benzene rings is 3. The van der Waals surface area contributed by atoms with E-state index in [0.29, 0.717) is 41.0 Å². The number of carbonyl (C=O) groups is 1. The Hall–Kier alpha value is -3.97. The number of rotatable bonds is 6. The topological polar surface area (TPSA) is 59.8 Å². The number of methoxy groups -OCH3 is 2. The summed E-state index contributed by atoms with van der Waals surface area (Å²) in [6.45, 7) is 6.75. The fourth-order valence-electron chi connectivity index (χ4n) is 4.90. The number of amides is 1. The summed E-state index contributed by atoms with van der Waals surface area (Å²) in [5, 5.41) is 5.62. The maximum atomic E-state index is 13.9. The highest BCUT2D eigenvalue weighted by atomic mass is 35.5. The van der Waals surface area contributed by atoms with Gasteiger partial charge in [0, 0.05) is 48.5 Å². The van der Waals surface area contributed by atoms with E-state index in [-0.39, 0.29) is 5.91 Å². The maximum Gasteiger partial charge on any atom is 0.272 e. The Bertz CT molecular complexity index is 1470. The molecule has 0 aliphatic carbocycles. The third kappa shape index (κ3) is 5.07. The second kappa shape index (κ2) is 10.8. The Labute approximate surface area is 228 Å². The first-order chi connectivity index (χ1) is 18.4. The Morgan fingerprint density at radius 3 is 2.37 bits per heavy atom. The number of hydrogen-bond donors (Lipinski definition) is 0. The van der Waals surface area contributed by atoms with Crippen LogP contribution in [0.1, 0.15) is 21.6 Å². The molecule has 0 saturated carbocycles. The summed E-state index contributed by atoms with van der Waals surface area (Å²) < 4.78 is 12.8. The van der Waals surface area contributed by atoms with Gasteiger partial charge in [0.05, 0.1) is 25.6 Å². The van der Waals surface area contributed by atoms with Crippen molar-refractivity contribution in [3.8, 4) is 28.4 Å². The van der Waals surface area contributed by atoms with Gasteiger partial charge in [-0.05, 0) is 61.9 Å². The van der Waals surface area contributed by atoms with E-state index in [1.807, 2.05) is 72.5 Å². The molecule has 1 saturated heterocycles. The van der Waals surface area contributed by atoms with Crippen LogP contribution in [0.25, 0.3) is 16.9 Å². The van der Waals surface area contributed by atoms with Crippen LogP contribution in [-0.2, 0) is 0 Å². The van der Waals surface area contributed by atoms with E-state index < -0.39 is 0 Å². The molecule has 0 N–H and O–H groups in total. The van der Waals surface area contributed by atoms with Gasteiger partial charge in [0.1, 0.15) is 17.2 Å². The van der Waals surface area contributed by atoms with Crippen molar-refractivity contribution in [2.75, 3.05) is 45.3 Å². The molecule has 0 radical (unpaired) electrons. The van der Waals surface area contributed by atoms with Gasteiger partial charge in [-0.25, -0.2) is 4.68 Å². The molecule has 0 unspecified atom stereocenters. The molecule has 1 amide bonds. The summed E-state index contributed by atoms with van der Waals surface area (Å²) in [7, 11) is 3.23. The second-order valence-electron chi connectivity index (χ2n) is 9.44. The molecule has 0 bridgehead atoms. The quantitative estimate of drug-likeness (QED) is 0.316. The van der Waals surface area contributed by atoms with Crippen molar-refractivity contribution in [3.05, 3.63) is 88.6 Å². The number of ether oxygens (including phenoxy) is 2. The predicted octanol–water partition coefficient (Wildman–Crippen LogP) is 5.79. The minimum Gasteiger partial charge on any atom is -0.497 e. The van der Waals surface area contributed by atoms with E-state index in [2.05, 4.69) is 17.9 Å². The summed E-state index contributed by atoms with van der Waals surface area (Å²) >= 11 is 6.20. The van der Waals surface area contributed by atoms with E-state index in [4.69, 9.17) is 26.2 Å². The monoisotopic (exact) mass is 530 g/mol. The molecular weight excluding hydrogens is 500 g/mol. The van der Waals surface area contributed by atoms with Crippen LogP contribution in [0.15, 0.2) is 66.7 Å². The van der Waals surface area contributed by atoms with Crippen molar-refractivity contribution in [1.29, 1.82) is 0 Å². The zero-order chi connectivity index (χ0) is 26.8. The predicted molar refractivity (Wildman–Crippen MR) is 151 cm³/mol. The number of aromatic nitrogens is 2. The molecule has 196 valence electrons. The summed E-state index contributed by atoms with van der Waals surface area (Å²) in [6, 6.07) is 21.4. The number of anilines is 1. The molecule has 4 aromatic rings. The summed E-state index contributed by atoms with van der Waals surface area (Å²) in [5.41, 5.74) is 6.10. The third-order valence-electron chi connectivity index (χ3n) is 6.93. The van der Waals surface area contributed by atoms with Crippen LogP contribution in [0, 0.1) is 13.8 Å². The van der Waals surface area contributed by atoms with Gasteiger partial charge in [-0.2, -0.15) is 5.10 Å². The van der Waals surface area contributed by atoms with Gasteiger partial charge in [0.2, 0.25) is 0 Å². The number of aryl methyl sites for hydroxylation is 2. The molecule has 1 aromatic heterocycles. The second-order valence-corrected chi connectivity index (χ2v) is 9.88. The lowest BCUT2D eigenvalue weighted by atomic mass is 10.1. The van der Waals surface area contributed by atoms with Gasteiger partial charge in [-0.15, -0.1) is 0 Å². The van der Waals surface area contributed by atoms with Crippen LogP contribution in [0.2, 0.25) is 5.02 Å². The van der Waals surface area contributed by atoms with Crippen molar-refractivity contribution in [2.24, 2.45) is 0 Å². The van der Waals surface area contributed by atoms with E-state index in [1.165, 1.54) is 0 Å². The zero-order valence-electron chi connectivity index (χ0n) is 22.1. The Balaban J connectivity index is 1.50. The zero-order valence-corrected chi connectivity index (χ0v) is 22.8. The molecule has 0 spiro atoms. The molecule has 8 heteroatoms. The number of hydrogen-bond acceptors (Lipinski definition) is 5. The van der Waals surface area contributed by atoms with Gasteiger partial charge in [-0.3, -0.25) is 4.79 Å². The average molecular weight is 531 g/mol. The lowest BCUT2D eigenvalue weighted by Gasteiger charge is -2.36. The van der Waals surface area contributed by atoms with E-state index in [1.54, 1.807) is 18.9 Å². The van der Waals surface area contributed by atoms with Crippen LogP contribution >= 0.6 is 11.6 Å². The van der Waals surface area contributed by atoms with Crippen LogP contribution in [0.4, 0.5) is 5.69 Å². The summed E-state index contributed by atoms with van der Waals surface area (Å²) in [4.78, 5) is 18.1. The van der Waals surface area contributed by atoms with Crippen molar-refractivity contribution in [3.63, 3.8) is 0 Å². The molecule has 1 aliphatic heterocycles. The number of halogens is 1. The minimum absolute atomic E-state index is 0.0538. The standard InChI is InChI=1S/C30H31ClN4O3/c1-20-8-11-27(21(2)16-20)35-28(19-26(32-35)25-10-9-24(37-3)18-29(25)38-4)30(36)34-14-12-33(13-15-34)23-7-5-6-22(31)17-23/h5-11,16-19H,12-15H2,1-4H3. The third-order valence-corrected chi connectivity index (χ3v) is 7.17. The summed E-state index contributed by atoms with van der Waals surface area (Å²) in [5.74, 6) is 1.26. The Morgan fingerprint density at radius 2 is 1.68 bits per heavy atom. The van der Waals surface area contributed by atoms with E-state index in [9.17, 15) is 4.79 Å². The van der Waals surface area contributed by atoms with Crippen LogP contribution < -0.4 is 14.4 Å². The smallest absolute Gasteiger partial charge is 0.272 e. The normalized spacial score (nSPS) is 13.5. The molecule has 5 rings (SSSR count). The van der Waals surface area contributed by atoms with Crippen LogP contribution in [0.3, 0.4) is 0 Å². The lowest BCUT2D eigenvalue weighted by molar-refractivity contribution is 0.0737. The molecule has 38 heavy (non-hydrogen) atoms. The van der Waals surface area contributed by atoms with Crippen molar-refractivity contribution < 1.29 is 14.3 Å². The SMILES string of the molecule is COc1ccc(-c2cc(C(=O)N3CCN(c4cccc(Cl)c4)CC3)n(-c3ccc(C)cc3C)n2)c(OC)c1. The fraction of sp³-hybridized carbons (Fsp3) is 0.267. The number of nitrogens with zero attached hydrogens (tertiary/aromatic N) is 4. The molecule has 2 heterocycles. The minimum atomic E-state index is -0.0538.